The first kappa shape index (κ1) is 21.4. The van der Waals surface area contributed by atoms with Gasteiger partial charge >= 0.3 is 0 Å². The van der Waals surface area contributed by atoms with E-state index in [4.69, 9.17) is 16.3 Å². The molecule has 0 radical (unpaired) electrons. The van der Waals surface area contributed by atoms with Gasteiger partial charge in [-0.2, -0.15) is 0 Å². The highest BCUT2D eigenvalue weighted by Gasteiger charge is 2.23. The van der Waals surface area contributed by atoms with Gasteiger partial charge in [0, 0.05) is 52.3 Å². The average Bonchev–Trinajstić information content (AvgIpc) is 3.44. The SMILES string of the molecule is COc1ccc2c(c1)c(C(=O)c1cnc(-c3ccncc3)s1)c(C)n2Cc1ccc(Cl)cc1. The van der Waals surface area contributed by atoms with Crippen LogP contribution in [-0.2, 0) is 6.54 Å². The van der Waals surface area contributed by atoms with Gasteiger partial charge in [0.25, 0.3) is 0 Å². The zero-order valence-electron chi connectivity index (χ0n) is 18.1. The number of methoxy groups -OCH3 is 1. The molecule has 5 aromatic rings. The summed E-state index contributed by atoms with van der Waals surface area (Å²) in [6.45, 7) is 2.62. The van der Waals surface area contributed by atoms with E-state index in [-0.39, 0.29) is 5.78 Å². The molecule has 3 aromatic heterocycles. The molecule has 0 bridgehead atoms. The Hall–Kier alpha value is -3.48. The highest BCUT2D eigenvalue weighted by molar-refractivity contribution is 7.17. The molecule has 5 rings (SSSR count). The van der Waals surface area contributed by atoms with Crippen molar-refractivity contribution in [2.24, 2.45) is 0 Å². The van der Waals surface area contributed by atoms with E-state index in [0.717, 1.165) is 32.7 Å². The minimum atomic E-state index is -0.0431. The first-order valence-corrected chi connectivity index (χ1v) is 11.6. The van der Waals surface area contributed by atoms with Crippen molar-refractivity contribution in [1.29, 1.82) is 0 Å². The second-order valence-electron chi connectivity index (χ2n) is 7.65. The maximum absolute atomic E-state index is 13.7. The minimum absolute atomic E-state index is 0.0431. The number of fused-ring (bicyclic) bond motifs is 1. The number of thiazole rings is 1. The predicted molar refractivity (Wildman–Crippen MR) is 133 cm³/mol. The third-order valence-electron chi connectivity index (χ3n) is 5.67. The third-order valence-corrected chi connectivity index (χ3v) is 6.97. The molecule has 0 saturated heterocycles. The lowest BCUT2D eigenvalue weighted by atomic mass is 10.1. The summed E-state index contributed by atoms with van der Waals surface area (Å²) in [5.74, 6) is 0.667. The van der Waals surface area contributed by atoms with Crippen LogP contribution in [0.1, 0.15) is 26.5 Å². The predicted octanol–water partition coefficient (Wildman–Crippen LogP) is 6.41. The number of benzene rings is 2. The smallest absolute Gasteiger partial charge is 0.207 e. The number of ketones is 1. The molecule has 3 heterocycles. The molecule has 0 saturated carbocycles. The number of rotatable bonds is 6. The maximum Gasteiger partial charge on any atom is 0.207 e. The van der Waals surface area contributed by atoms with Crippen LogP contribution in [0.4, 0.5) is 0 Å². The molecule has 0 amide bonds. The van der Waals surface area contributed by atoms with Crippen molar-refractivity contribution in [3.63, 3.8) is 0 Å². The molecular formula is C26H20ClN3O2S. The Labute approximate surface area is 200 Å². The lowest BCUT2D eigenvalue weighted by molar-refractivity contribution is 0.104. The van der Waals surface area contributed by atoms with Crippen LogP contribution in [0, 0.1) is 6.92 Å². The molecule has 7 heteroatoms. The normalized spacial score (nSPS) is 11.1. The molecular weight excluding hydrogens is 454 g/mol. The number of carbonyl (C=O) groups excluding carboxylic acids is 1. The van der Waals surface area contributed by atoms with Crippen LogP contribution in [0.3, 0.4) is 0 Å². The summed E-state index contributed by atoms with van der Waals surface area (Å²) in [4.78, 5) is 22.9. The van der Waals surface area contributed by atoms with Crippen LogP contribution in [0.15, 0.2) is 73.2 Å². The lowest BCUT2D eigenvalue weighted by Gasteiger charge is -2.09. The van der Waals surface area contributed by atoms with Crippen molar-refractivity contribution in [3.05, 3.63) is 99.9 Å². The molecule has 2 aromatic carbocycles. The Bertz CT molecular complexity index is 1460. The van der Waals surface area contributed by atoms with Crippen molar-refractivity contribution in [1.82, 2.24) is 14.5 Å². The number of nitrogens with zero attached hydrogens (tertiary/aromatic N) is 3. The summed E-state index contributed by atoms with van der Waals surface area (Å²) in [7, 11) is 1.63. The van der Waals surface area contributed by atoms with Gasteiger partial charge in [0.2, 0.25) is 5.78 Å². The van der Waals surface area contributed by atoms with Crippen molar-refractivity contribution in [2.75, 3.05) is 7.11 Å². The van der Waals surface area contributed by atoms with Gasteiger partial charge in [0.05, 0.1) is 17.6 Å². The van der Waals surface area contributed by atoms with Crippen LogP contribution in [0.2, 0.25) is 5.02 Å². The molecule has 33 heavy (non-hydrogen) atoms. The molecule has 0 unspecified atom stereocenters. The average molecular weight is 474 g/mol. The first-order chi connectivity index (χ1) is 16.0. The number of carbonyl (C=O) groups is 1. The highest BCUT2D eigenvalue weighted by Crippen LogP contribution is 2.34. The van der Waals surface area contributed by atoms with Gasteiger partial charge in [-0.15, -0.1) is 11.3 Å². The molecule has 0 aliphatic rings. The number of hydrogen-bond donors (Lipinski definition) is 0. The van der Waals surface area contributed by atoms with Gasteiger partial charge in [0.1, 0.15) is 10.8 Å². The number of aromatic nitrogens is 3. The number of pyridine rings is 1. The fourth-order valence-corrected chi connectivity index (χ4v) is 4.98. The fraction of sp³-hybridized carbons (Fsp3) is 0.115. The van der Waals surface area contributed by atoms with Crippen LogP contribution in [0.5, 0.6) is 5.75 Å². The Morgan fingerprint density at radius 2 is 1.85 bits per heavy atom. The summed E-state index contributed by atoms with van der Waals surface area (Å²) >= 11 is 7.45. The van der Waals surface area contributed by atoms with E-state index in [1.165, 1.54) is 11.3 Å². The summed E-state index contributed by atoms with van der Waals surface area (Å²) in [5, 5.41) is 2.36. The Balaban J connectivity index is 1.61. The minimum Gasteiger partial charge on any atom is -0.497 e. The van der Waals surface area contributed by atoms with Crippen LogP contribution in [-0.4, -0.2) is 27.4 Å². The van der Waals surface area contributed by atoms with E-state index >= 15 is 0 Å². The Morgan fingerprint density at radius 1 is 1.09 bits per heavy atom. The van der Waals surface area contributed by atoms with Crippen LogP contribution in [0.25, 0.3) is 21.5 Å². The quantitative estimate of drug-likeness (QED) is 0.267. The first-order valence-electron chi connectivity index (χ1n) is 10.4. The van der Waals surface area contributed by atoms with Crippen molar-refractivity contribution >= 4 is 39.6 Å². The molecule has 5 nitrogen and oxygen atoms in total. The monoisotopic (exact) mass is 473 g/mol. The van der Waals surface area contributed by atoms with Gasteiger partial charge < -0.3 is 9.30 Å². The molecule has 0 aliphatic heterocycles. The Kier molecular flexibility index (Phi) is 5.70. The largest absolute Gasteiger partial charge is 0.497 e. The topological polar surface area (TPSA) is 57.0 Å². The zero-order valence-corrected chi connectivity index (χ0v) is 19.7. The van der Waals surface area contributed by atoms with Gasteiger partial charge in [-0.25, -0.2) is 4.98 Å². The van der Waals surface area contributed by atoms with Gasteiger partial charge in [0.15, 0.2) is 0 Å². The van der Waals surface area contributed by atoms with Crippen molar-refractivity contribution < 1.29 is 9.53 Å². The van der Waals surface area contributed by atoms with E-state index in [2.05, 4.69) is 14.5 Å². The second kappa shape index (κ2) is 8.81. The molecule has 0 atom stereocenters. The summed E-state index contributed by atoms with van der Waals surface area (Å²) < 4.78 is 7.62. The standard InChI is InChI=1S/C26H20ClN3O2S/c1-16-24(25(31)23-14-29-26(33-23)18-9-11-28-12-10-18)21-13-20(32-2)7-8-22(21)30(16)15-17-3-5-19(27)6-4-17/h3-14H,15H2,1-2H3. The van der Waals surface area contributed by atoms with Gasteiger partial charge in [-0.1, -0.05) is 23.7 Å². The van der Waals surface area contributed by atoms with E-state index in [1.54, 1.807) is 25.7 Å². The zero-order chi connectivity index (χ0) is 22.9. The molecule has 0 fully saturated rings. The summed E-state index contributed by atoms with van der Waals surface area (Å²) in [5.41, 5.74) is 4.59. The van der Waals surface area contributed by atoms with Gasteiger partial charge in [-0.3, -0.25) is 9.78 Å². The molecule has 0 N–H and O–H groups in total. The van der Waals surface area contributed by atoms with E-state index in [9.17, 15) is 4.79 Å². The van der Waals surface area contributed by atoms with Crippen LogP contribution >= 0.6 is 22.9 Å². The number of ether oxygens (including phenoxy) is 1. The summed E-state index contributed by atoms with van der Waals surface area (Å²) in [6, 6.07) is 17.4. The van der Waals surface area contributed by atoms with E-state index < -0.39 is 0 Å². The van der Waals surface area contributed by atoms with Crippen LogP contribution < -0.4 is 4.74 Å². The van der Waals surface area contributed by atoms with E-state index in [0.29, 0.717) is 27.8 Å². The molecule has 0 aliphatic carbocycles. The number of halogens is 1. The van der Waals surface area contributed by atoms with Gasteiger partial charge in [-0.05, 0) is 55.0 Å². The third kappa shape index (κ3) is 4.03. The Morgan fingerprint density at radius 3 is 2.58 bits per heavy atom. The second-order valence-corrected chi connectivity index (χ2v) is 9.12. The van der Waals surface area contributed by atoms with E-state index in [1.807, 2.05) is 61.5 Å². The lowest BCUT2D eigenvalue weighted by Crippen LogP contribution is -2.05. The number of hydrogen-bond acceptors (Lipinski definition) is 5. The van der Waals surface area contributed by atoms with Crippen molar-refractivity contribution in [2.45, 2.75) is 13.5 Å². The molecule has 0 spiro atoms. The highest BCUT2D eigenvalue weighted by atomic mass is 35.5. The summed E-state index contributed by atoms with van der Waals surface area (Å²) in [6.07, 6.45) is 5.10. The van der Waals surface area contributed by atoms with Crippen molar-refractivity contribution in [3.8, 4) is 16.3 Å². The maximum atomic E-state index is 13.7. The fourth-order valence-electron chi connectivity index (χ4n) is 3.98. The molecule has 164 valence electrons.